The highest BCUT2D eigenvalue weighted by Crippen LogP contribution is 2.42. The second kappa shape index (κ2) is 12.7. The van der Waals surface area contributed by atoms with E-state index in [4.69, 9.17) is 0 Å². The molecule has 1 heterocycles. The summed E-state index contributed by atoms with van der Waals surface area (Å²) in [6, 6.07) is -1.06. The van der Waals surface area contributed by atoms with Gasteiger partial charge in [-0.2, -0.15) is 0 Å². The molecular formula is C30H52N4O4. The number of hydrogen-bond donors (Lipinski definition) is 4. The number of carbonyl (C=O) groups is 3. The lowest BCUT2D eigenvalue weighted by molar-refractivity contribution is -0.152. The molecule has 0 spiro atoms. The summed E-state index contributed by atoms with van der Waals surface area (Å²) < 4.78 is 0. The number of nitrogens with one attached hydrogen (secondary N) is 3. The van der Waals surface area contributed by atoms with Gasteiger partial charge in [-0.25, -0.2) is 0 Å². The molecule has 4 rings (SSSR count). The van der Waals surface area contributed by atoms with E-state index in [2.05, 4.69) is 16.0 Å². The molecule has 0 aromatic carbocycles. The van der Waals surface area contributed by atoms with Crippen molar-refractivity contribution >= 4 is 17.7 Å². The molecule has 1 saturated heterocycles. The summed E-state index contributed by atoms with van der Waals surface area (Å²) in [6.45, 7) is 9.10. The summed E-state index contributed by atoms with van der Waals surface area (Å²) >= 11 is 0. The summed E-state index contributed by atoms with van der Waals surface area (Å²) in [5.74, 6) is 1.37. The highest BCUT2D eigenvalue weighted by Gasteiger charge is 2.47. The van der Waals surface area contributed by atoms with Crippen LogP contribution in [0.4, 0.5) is 0 Å². The summed E-state index contributed by atoms with van der Waals surface area (Å²) in [5, 5.41) is 19.8. The van der Waals surface area contributed by atoms with Crippen molar-refractivity contribution in [2.24, 2.45) is 29.1 Å². The van der Waals surface area contributed by atoms with Gasteiger partial charge in [-0.3, -0.25) is 14.4 Å². The maximum Gasteiger partial charge on any atom is 0.246 e. The molecule has 216 valence electrons. The standard InChI is InChI=1S/C30H52N4O4/c1-5-31-17-26(36)33-27(30(2,3)4)29(38)34-18-21-15-22(35)14-13-20(21)16-25(34)28(37)32-24-12-8-10-19-9-6-7-11-23(19)24/h19-25,27,31,35H,5-18H2,1-4H3,(H,32,37)(H,33,36). The van der Waals surface area contributed by atoms with Gasteiger partial charge in [0.15, 0.2) is 0 Å². The summed E-state index contributed by atoms with van der Waals surface area (Å²) in [6.07, 6.45) is 11.1. The van der Waals surface area contributed by atoms with Crippen LogP contribution in [0.3, 0.4) is 0 Å². The molecule has 8 atom stereocenters. The Labute approximate surface area is 229 Å². The molecule has 3 saturated carbocycles. The summed E-state index contributed by atoms with van der Waals surface area (Å²) in [7, 11) is 0. The number of aliphatic hydroxyl groups excluding tert-OH is 1. The zero-order valence-electron chi connectivity index (χ0n) is 24.1. The van der Waals surface area contributed by atoms with Gasteiger partial charge in [-0.05, 0) is 74.2 Å². The average Bonchev–Trinajstić information content (AvgIpc) is 2.89. The SMILES string of the molecule is CCNCC(=O)NC(C(=O)N1CC2CC(O)CCC2CC1C(=O)NC1CCCC2CCCCC21)C(C)(C)C. The van der Waals surface area contributed by atoms with Gasteiger partial charge in [0.05, 0.1) is 12.6 Å². The predicted octanol–water partition coefficient (Wildman–Crippen LogP) is 2.98. The Morgan fingerprint density at radius 3 is 2.39 bits per heavy atom. The maximum absolute atomic E-state index is 14.2. The first-order valence-corrected chi connectivity index (χ1v) is 15.4. The van der Waals surface area contributed by atoms with E-state index in [1.165, 1.54) is 32.1 Å². The number of carbonyl (C=O) groups excluding carboxylic acids is 3. The Bertz CT molecular complexity index is 841. The topological polar surface area (TPSA) is 111 Å². The van der Waals surface area contributed by atoms with Crippen LogP contribution in [0.5, 0.6) is 0 Å². The van der Waals surface area contributed by atoms with Crippen LogP contribution in [0.2, 0.25) is 0 Å². The van der Waals surface area contributed by atoms with Gasteiger partial charge in [0, 0.05) is 12.6 Å². The minimum atomic E-state index is -0.730. The van der Waals surface area contributed by atoms with E-state index < -0.39 is 17.5 Å². The Morgan fingerprint density at radius 2 is 1.66 bits per heavy atom. The zero-order chi connectivity index (χ0) is 27.4. The van der Waals surface area contributed by atoms with Crippen LogP contribution in [0.1, 0.15) is 98.3 Å². The fourth-order valence-electron chi connectivity index (χ4n) is 7.78. The predicted molar refractivity (Wildman–Crippen MR) is 148 cm³/mol. The third-order valence-electron chi connectivity index (χ3n) is 9.89. The van der Waals surface area contributed by atoms with Crippen LogP contribution >= 0.6 is 0 Å². The van der Waals surface area contributed by atoms with Gasteiger partial charge in [-0.1, -0.05) is 59.8 Å². The molecule has 0 bridgehead atoms. The Hall–Kier alpha value is -1.67. The van der Waals surface area contributed by atoms with E-state index in [-0.39, 0.29) is 42.3 Å². The van der Waals surface area contributed by atoms with Crippen LogP contribution < -0.4 is 16.0 Å². The van der Waals surface area contributed by atoms with Gasteiger partial charge < -0.3 is 26.0 Å². The third kappa shape index (κ3) is 6.90. The molecule has 4 aliphatic rings. The number of rotatable bonds is 7. The van der Waals surface area contributed by atoms with Crippen molar-refractivity contribution in [3.05, 3.63) is 0 Å². The highest BCUT2D eigenvalue weighted by molar-refractivity contribution is 5.93. The highest BCUT2D eigenvalue weighted by atomic mass is 16.3. The quantitative estimate of drug-likeness (QED) is 0.403. The summed E-state index contributed by atoms with van der Waals surface area (Å²) in [4.78, 5) is 42.6. The number of aliphatic hydroxyl groups is 1. The lowest BCUT2D eigenvalue weighted by Gasteiger charge is -2.49. The minimum Gasteiger partial charge on any atom is -0.393 e. The third-order valence-corrected chi connectivity index (χ3v) is 9.89. The largest absolute Gasteiger partial charge is 0.393 e. The molecule has 4 N–H and O–H groups in total. The molecule has 8 heteroatoms. The Balaban J connectivity index is 1.54. The van der Waals surface area contributed by atoms with Crippen molar-refractivity contribution in [1.29, 1.82) is 0 Å². The van der Waals surface area contributed by atoms with Crippen molar-refractivity contribution in [2.75, 3.05) is 19.6 Å². The second-order valence-electron chi connectivity index (χ2n) is 13.6. The number of likely N-dealkylation sites (N-methyl/N-ethyl adjacent to an activating group) is 1. The number of amides is 3. The molecule has 1 aliphatic heterocycles. The van der Waals surface area contributed by atoms with Gasteiger partial charge in [0.25, 0.3) is 0 Å². The van der Waals surface area contributed by atoms with E-state index in [1.54, 1.807) is 4.90 Å². The van der Waals surface area contributed by atoms with Crippen LogP contribution in [-0.4, -0.2) is 71.6 Å². The van der Waals surface area contributed by atoms with Crippen molar-refractivity contribution < 1.29 is 19.5 Å². The first-order chi connectivity index (χ1) is 18.1. The van der Waals surface area contributed by atoms with Crippen LogP contribution in [-0.2, 0) is 14.4 Å². The van der Waals surface area contributed by atoms with Gasteiger partial charge in [-0.15, -0.1) is 0 Å². The average molecular weight is 533 g/mol. The van der Waals surface area contributed by atoms with Crippen molar-refractivity contribution in [2.45, 2.75) is 123 Å². The molecular weight excluding hydrogens is 480 g/mol. The van der Waals surface area contributed by atoms with Crippen molar-refractivity contribution in [3.63, 3.8) is 0 Å². The van der Waals surface area contributed by atoms with E-state index in [9.17, 15) is 19.5 Å². The molecule has 0 radical (unpaired) electrons. The van der Waals surface area contributed by atoms with Crippen LogP contribution in [0, 0.1) is 29.1 Å². The Kier molecular flexibility index (Phi) is 9.77. The lowest BCUT2D eigenvalue weighted by atomic mass is 9.68. The number of fused-ring (bicyclic) bond motifs is 2. The number of piperidine rings is 1. The minimum absolute atomic E-state index is 0.0224. The van der Waals surface area contributed by atoms with Crippen molar-refractivity contribution in [1.82, 2.24) is 20.9 Å². The monoisotopic (exact) mass is 532 g/mol. The number of nitrogens with zero attached hydrogens (tertiary/aromatic N) is 1. The maximum atomic E-state index is 14.2. The van der Waals surface area contributed by atoms with E-state index >= 15 is 0 Å². The Morgan fingerprint density at radius 1 is 0.921 bits per heavy atom. The van der Waals surface area contributed by atoms with Gasteiger partial charge >= 0.3 is 0 Å². The zero-order valence-corrected chi connectivity index (χ0v) is 24.1. The molecule has 0 aromatic heterocycles. The summed E-state index contributed by atoms with van der Waals surface area (Å²) in [5.41, 5.74) is -0.512. The molecule has 3 aliphatic carbocycles. The van der Waals surface area contributed by atoms with E-state index in [0.717, 1.165) is 25.7 Å². The molecule has 0 aromatic rings. The van der Waals surface area contributed by atoms with E-state index in [0.29, 0.717) is 43.7 Å². The van der Waals surface area contributed by atoms with Crippen molar-refractivity contribution in [3.8, 4) is 0 Å². The fraction of sp³-hybridized carbons (Fsp3) is 0.900. The fourth-order valence-corrected chi connectivity index (χ4v) is 7.78. The van der Waals surface area contributed by atoms with E-state index in [1.807, 2.05) is 27.7 Å². The normalized spacial score (nSPS) is 34.4. The molecule has 8 nitrogen and oxygen atoms in total. The smallest absolute Gasteiger partial charge is 0.246 e. The van der Waals surface area contributed by atoms with Gasteiger partial charge in [0.1, 0.15) is 12.1 Å². The number of hydrogen-bond acceptors (Lipinski definition) is 5. The molecule has 3 amide bonds. The molecule has 4 fully saturated rings. The second-order valence-corrected chi connectivity index (χ2v) is 13.6. The lowest BCUT2D eigenvalue weighted by Crippen LogP contribution is -2.64. The first kappa shape index (κ1) is 29.3. The first-order valence-electron chi connectivity index (χ1n) is 15.4. The molecule has 38 heavy (non-hydrogen) atoms. The van der Waals surface area contributed by atoms with Crippen LogP contribution in [0.25, 0.3) is 0 Å². The van der Waals surface area contributed by atoms with Gasteiger partial charge in [0.2, 0.25) is 17.7 Å². The number of likely N-dealkylation sites (tertiary alicyclic amines) is 1. The van der Waals surface area contributed by atoms with Crippen LogP contribution in [0.15, 0.2) is 0 Å². The molecule has 8 unspecified atom stereocenters.